The molecule has 1 heterocycles. The molecule has 1 fully saturated rings. The van der Waals surface area contributed by atoms with Gasteiger partial charge in [0.1, 0.15) is 12.2 Å². The quantitative estimate of drug-likeness (QED) is 0.616. The molecule has 5 nitrogen and oxygen atoms in total. The lowest BCUT2D eigenvalue weighted by molar-refractivity contribution is -0.151. The summed E-state index contributed by atoms with van der Waals surface area (Å²) >= 11 is 0. The van der Waals surface area contributed by atoms with Crippen molar-refractivity contribution in [3.8, 4) is 0 Å². The van der Waals surface area contributed by atoms with Crippen LogP contribution in [0.5, 0.6) is 0 Å². The van der Waals surface area contributed by atoms with Gasteiger partial charge in [0, 0.05) is 6.42 Å². The van der Waals surface area contributed by atoms with Crippen molar-refractivity contribution in [1.29, 1.82) is 0 Å². The van der Waals surface area contributed by atoms with E-state index in [0.29, 0.717) is 12.0 Å². The highest BCUT2D eigenvalue weighted by Gasteiger charge is 2.41. The predicted octanol–water partition coefficient (Wildman–Crippen LogP) is 2.34. The molecule has 0 N–H and O–H groups in total. The fourth-order valence-corrected chi connectivity index (χ4v) is 2.36. The Bertz CT molecular complexity index is 497. The molecular formula is C16H20O5. The van der Waals surface area contributed by atoms with Crippen LogP contribution in [0.4, 0.5) is 0 Å². The van der Waals surface area contributed by atoms with Gasteiger partial charge in [-0.15, -0.1) is 0 Å². The van der Waals surface area contributed by atoms with E-state index in [4.69, 9.17) is 14.2 Å². The average Bonchev–Trinajstić information content (AvgIpc) is 2.73. The van der Waals surface area contributed by atoms with Crippen LogP contribution in [0.1, 0.15) is 37.6 Å². The maximum atomic E-state index is 11.9. The second-order valence-corrected chi connectivity index (χ2v) is 5.59. The molecule has 114 valence electrons. The highest BCUT2D eigenvalue weighted by molar-refractivity contribution is 5.89. The second kappa shape index (κ2) is 6.37. The van der Waals surface area contributed by atoms with Gasteiger partial charge in [-0.3, -0.25) is 0 Å². The summed E-state index contributed by atoms with van der Waals surface area (Å²) in [6, 6.07) is 8.78. The first-order valence-electron chi connectivity index (χ1n) is 6.98. The summed E-state index contributed by atoms with van der Waals surface area (Å²) in [5.74, 6) is -1.18. The lowest BCUT2D eigenvalue weighted by atomic mass is 10.1. The Balaban J connectivity index is 1.91. The summed E-state index contributed by atoms with van der Waals surface area (Å²) in [5, 5.41) is 0. The highest BCUT2D eigenvalue weighted by atomic mass is 16.8. The van der Waals surface area contributed by atoms with Gasteiger partial charge in [0.05, 0.1) is 11.7 Å². The molecule has 1 aromatic carbocycles. The zero-order valence-electron chi connectivity index (χ0n) is 12.4. The number of carbonyl (C=O) groups is 2. The summed E-state index contributed by atoms with van der Waals surface area (Å²) < 4.78 is 16.5. The number of aldehydes is 1. The fraction of sp³-hybridized carbons (Fsp3) is 0.500. The van der Waals surface area contributed by atoms with Gasteiger partial charge in [0.25, 0.3) is 0 Å². The van der Waals surface area contributed by atoms with Crippen LogP contribution in [0.3, 0.4) is 0 Å². The van der Waals surface area contributed by atoms with Crippen LogP contribution in [-0.4, -0.2) is 36.4 Å². The fourth-order valence-electron chi connectivity index (χ4n) is 2.36. The van der Waals surface area contributed by atoms with Gasteiger partial charge in [-0.1, -0.05) is 18.2 Å². The molecule has 0 amide bonds. The van der Waals surface area contributed by atoms with Crippen LogP contribution < -0.4 is 0 Å². The van der Waals surface area contributed by atoms with E-state index in [-0.39, 0.29) is 12.1 Å². The number of benzene rings is 1. The van der Waals surface area contributed by atoms with E-state index in [1.807, 2.05) is 6.07 Å². The van der Waals surface area contributed by atoms with E-state index in [2.05, 4.69) is 0 Å². The zero-order chi connectivity index (χ0) is 15.5. The number of carbonyl (C=O) groups excluding carboxylic acids is 2. The Morgan fingerprint density at radius 1 is 1.33 bits per heavy atom. The Kier molecular flexibility index (Phi) is 4.75. The van der Waals surface area contributed by atoms with E-state index >= 15 is 0 Å². The van der Waals surface area contributed by atoms with Crippen LogP contribution in [0.2, 0.25) is 0 Å². The number of rotatable bonds is 5. The Morgan fingerprint density at radius 2 is 2.00 bits per heavy atom. The van der Waals surface area contributed by atoms with E-state index in [0.717, 1.165) is 6.29 Å². The molecule has 0 aliphatic carbocycles. The van der Waals surface area contributed by atoms with Gasteiger partial charge in [-0.25, -0.2) is 4.79 Å². The maximum Gasteiger partial charge on any atom is 0.338 e. The summed E-state index contributed by atoms with van der Waals surface area (Å²) in [6.45, 7) is 5.28. The smallest absolute Gasteiger partial charge is 0.338 e. The number of hydrogen-bond donors (Lipinski definition) is 0. The second-order valence-electron chi connectivity index (χ2n) is 5.59. The summed E-state index contributed by atoms with van der Waals surface area (Å²) in [6.07, 6.45) is -0.270. The molecule has 1 aliphatic rings. The molecule has 21 heavy (non-hydrogen) atoms. The highest BCUT2D eigenvalue weighted by Crippen LogP contribution is 2.30. The number of ether oxygens (including phenoxy) is 3. The average molecular weight is 292 g/mol. The van der Waals surface area contributed by atoms with E-state index < -0.39 is 18.0 Å². The van der Waals surface area contributed by atoms with Crippen LogP contribution in [-0.2, 0) is 19.0 Å². The molecule has 2 rings (SSSR count). The van der Waals surface area contributed by atoms with Crippen molar-refractivity contribution in [2.45, 2.75) is 51.3 Å². The minimum atomic E-state index is -0.792. The van der Waals surface area contributed by atoms with Crippen LogP contribution in [0, 0.1) is 0 Å². The van der Waals surface area contributed by atoms with E-state index in [1.54, 1.807) is 45.0 Å². The van der Waals surface area contributed by atoms with Gasteiger partial charge in [0.15, 0.2) is 12.1 Å². The van der Waals surface area contributed by atoms with Crippen LogP contribution in [0.15, 0.2) is 30.3 Å². The Morgan fingerprint density at radius 3 is 2.62 bits per heavy atom. The van der Waals surface area contributed by atoms with Crippen molar-refractivity contribution in [2.75, 3.05) is 0 Å². The topological polar surface area (TPSA) is 61.8 Å². The molecular weight excluding hydrogens is 272 g/mol. The van der Waals surface area contributed by atoms with Crippen molar-refractivity contribution in [3.63, 3.8) is 0 Å². The zero-order valence-corrected chi connectivity index (χ0v) is 12.4. The first kappa shape index (κ1) is 15.7. The third-order valence-electron chi connectivity index (χ3n) is 3.24. The summed E-state index contributed by atoms with van der Waals surface area (Å²) in [7, 11) is 0. The monoisotopic (exact) mass is 292 g/mol. The predicted molar refractivity (Wildman–Crippen MR) is 75.8 cm³/mol. The van der Waals surface area contributed by atoms with Gasteiger partial charge in [0.2, 0.25) is 0 Å². The standard InChI is InChI=1S/C16H20O5/c1-11(19-15(18)12-7-5-4-6-8-12)9-13-14(10-17)21-16(2,3)20-13/h4-8,10-11,13-14H,9H2,1-3H3/t11-,13-,14-/m0/s1. The van der Waals surface area contributed by atoms with Crippen molar-refractivity contribution in [1.82, 2.24) is 0 Å². The minimum absolute atomic E-state index is 0.373. The molecule has 0 aromatic heterocycles. The summed E-state index contributed by atoms with van der Waals surface area (Å²) in [5.41, 5.74) is 0.500. The Hall–Kier alpha value is -1.72. The van der Waals surface area contributed by atoms with Crippen molar-refractivity contribution >= 4 is 12.3 Å². The van der Waals surface area contributed by atoms with Gasteiger partial charge < -0.3 is 19.0 Å². The lowest BCUT2D eigenvalue weighted by Gasteiger charge is -2.19. The third-order valence-corrected chi connectivity index (χ3v) is 3.24. The molecule has 1 aliphatic heterocycles. The van der Waals surface area contributed by atoms with Gasteiger partial charge in [-0.05, 0) is 32.9 Å². The molecule has 0 saturated carbocycles. The maximum absolute atomic E-state index is 11.9. The van der Waals surface area contributed by atoms with Gasteiger partial charge in [-0.2, -0.15) is 0 Å². The Labute approximate surface area is 124 Å². The number of hydrogen-bond acceptors (Lipinski definition) is 5. The van der Waals surface area contributed by atoms with E-state index in [1.165, 1.54) is 0 Å². The van der Waals surface area contributed by atoms with Crippen LogP contribution in [0.25, 0.3) is 0 Å². The van der Waals surface area contributed by atoms with Crippen molar-refractivity contribution in [3.05, 3.63) is 35.9 Å². The molecule has 0 bridgehead atoms. The molecule has 1 saturated heterocycles. The molecule has 5 heteroatoms. The lowest BCUT2D eigenvalue weighted by Crippen LogP contribution is -2.29. The van der Waals surface area contributed by atoms with Crippen molar-refractivity contribution < 1.29 is 23.8 Å². The van der Waals surface area contributed by atoms with Crippen LogP contribution >= 0.6 is 0 Å². The largest absolute Gasteiger partial charge is 0.459 e. The third kappa shape index (κ3) is 4.12. The first-order valence-corrected chi connectivity index (χ1v) is 6.98. The van der Waals surface area contributed by atoms with E-state index in [9.17, 15) is 9.59 Å². The molecule has 0 spiro atoms. The minimum Gasteiger partial charge on any atom is -0.459 e. The number of esters is 1. The molecule has 0 unspecified atom stereocenters. The molecule has 3 atom stereocenters. The van der Waals surface area contributed by atoms with Crippen molar-refractivity contribution in [2.24, 2.45) is 0 Å². The SMILES string of the molecule is C[C@@H](C[C@@H]1OC(C)(C)O[C@H]1C=O)OC(=O)c1ccccc1. The molecule has 0 radical (unpaired) electrons. The molecule has 1 aromatic rings. The van der Waals surface area contributed by atoms with Gasteiger partial charge >= 0.3 is 5.97 Å². The first-order chi connectivity index (χ1) is 9.91. The normalized spacial score (nSPS) is 25.3. The summed E-state index contributed by atoms with van der Waals surface area (Å²) in [4.78, 5) is 23.0.